The Balaban J connectivity index is 1.66. The average Bonchev–Trinajstić information content (AvgIpc) is 3.25. The minimum absolute atomic E-state index is 0.154. The summed E-state index contributed by atoms with van der Waals surface area (Å²) in [6, 6.07) is 10.3. The van der Waals surface area contributed by atoms with Crippen molar-refractivity contribution < 1.29 is 5.11 Å². The molecule has 4 heteroatoms. The van der Waals surface area contributed by atoms with Crippen molar-refractivity contribution in [2.75, 3.05) is 6.61 Å². The van der Waals surface area contributed by atoms with Crippen molar-refractivity contribution in [3.05, 3.63) is 41.5 Å². The maximum Gasteiger partial charge on any atom is 0.107 e. The van der Waals surface area contributed by atoms with Gasteiger partial charge in [-0.25, -0.2) is 4.98 Å². The number of aliphatic hydroxyl groups is 1. The van der Waals surface area contributed by atoms with Gasteiger partial charge in [0.1, 0.15) is 5.01 Å². The Morgan fingerprint density at radius 2 is 2.10 bits per heavy atom. The number of thiazole rings is 1. The van der Waals surface area contributed by atoms with Gasteiger partial charge in [0, 0.05) is 18.3 Å². The lowest BCUT2D eigenvalue weighted by Gasteiger charge is -2.28. The first kappa shape index (κ1) is 13.7. The van der Waals surface area contributed by atoms with Crippen LogP contribution in [0, 0.1) is 5.92 Å². The third-order valence-electron chi connectivity index (χ3n) is 4.06. The lowest BCUT2D eigenvalue weighted by atomic mass is 9.97. The number of nitrogens with zero attached hydrogens (tertiary/aromatic N) is 1. The Hall–Kier alpha value is -1.23. The molecule has 3 nitrogen and oxygen atoms in total. The number of nitrogens with one attached hydrogen (secondary N) is 1. The first-order chi connectivity index (χ1) is 9.71. The van der Waals surface area contributed by atoms with Crippen LogP contribution in [0.15, 0.2) is 36.5 Å². The molecule has 0 amide bonds. The van der Waals surface area contributed by atoms with Gasteiger partial charge in [-0.2, -0.15) is 0 Å². The minimum atomic E-state index is -0.154. The minimum Gasteiger partial charge on any atom is -0.394 e. The van der Waals surface area contributed by atoms with Crippen LogP contribution in [0.4, 0.5) is 0 Å². The van der Waals surface area contributed by atoms with Crippen LogP contribution in [-0.4, -0.2) is 22.2 Å². The summed E-state index contributed by atoms with van der Waals surface area (Å²) in [5, 5.41) is 14.1. The third kappa shape index (κ3) is 2.92. The fourth-order valence-electron chi connectivity index (χ4n) is 2.46. The first-order valence-electron chi connectivity index (χ1n) is 7.07. The van der Waals surface area contributed by atoms with E-state index in [2.05, 4.69) is 29.4 Å². The highest BCUT2D eigenvalue weighted by atomic mass is 32.1. The van der Waals surface area contributed by atoms with E-state index in [4.69, 9.17) is 0 Å². The Morgan fingerprint density at radius 1 is 1.35 bits per heavy atom. The van der Waals surface area contributed by atoms with Gasteiger partial charge in [0.15, 0.2) is 0 Å². The van der Waals surface area contributed by atoms with Gasteiger partial charge in [0.05, 0.1) is 11.5 Å². The summed E-state index contributed by atoms with van der Waals surface area (Å²) in [4.78, 5) is 5.68. The smallest absolute Gasteiger partial charge is 0.107 e. The highest BCUT2D eigenvalue weighted by molar-refractivity contribution is 7.15. The fraction of sp³-hybridized carbons (Fsp3) is 0.438. The van der Waals surface area contributed by atoms with Crippen molar-refractivity contribution in [1.29, 1.82) is 0 Å². The quantitative estimate of drug-likeness (QED) is 0.858. The Labute approximate surface area is 123 Å². The van der Waals surface area contributed by atoms with Crippen molar-refractivity contribution in [3.8, 4) is 10.4 Å². The van der Waals surface area contributed by atoms with Crippen molar-refractivity contribution in [1.82, 2.24) is 10.3 Å². The molecule has 1 atom stereocenters. The van der Waals surface area contributed by atoms with Crippen LogP contribution < -0.4 is 5.32 Å². The van der Waals surface area contributed by atoms with E-state index in [1.807, 2.05) is 24.4 Å². The molecule has 3 rings (SSSR count). The topological polar surface area (TPSA) is 45.1 Å². The molecule has 1 unspecified atom stereocenters. The molecule has 106 valence electrons. The van der Waals surface area contributed by atoms with Crippen molar-refractivity contribution in [2.24, 2.45) is 5.92 Å². The molecule has 1 fully saturated rings. The van der Waals surface area contributed by atoms with Gasteiger partial charge in [-0.15, -0.1) is 11.3 Å². The van der Waals surface area contributed by atoms with Gasteiger partial charge in [0.2, 0.25) is 0 Å². The SMILES string of the molecule is CC(CO)(NCc1ncc(-c2ccccc2)s1)C1CC1. The van der Waals surface area contributed by atoms with Crippen LogP contribution in [0.2, 0.25) is 0 Å². The molecule has 0 radical (unpaired) electrons. The molecule has 1 aromatic heterocycles. The highest BCUT2D eigenvalue weighted by Gasteiger charge is 2.40. The summed E-state index contributed by atoms with van der Waals surface area (Å²) in [7, 11) is 0. The second-order valence-electron chi connectivity index (χ2n) is 5.69. The van der Waals surface area contributed by atoms with Gasteiger partial charge in [-0.1, -0.05) is 30.3 Å². The van der Waals surface area contributed by atoms with Crippen LogP contribution in [0.3, 0.4) is 0 Å². The van der Waals surface area contributed by atoms with E-state index >= 15 is 0 Å². The van der Waals surface area contributed by atoms with Gasteiger partial charge in [-0.3, -0.25) is 0 Å². The van der Waals surface area contributed by atoms with E-state index in [0.29, 0.717) is 5.92 Å². The summed E-state index contributed by atoms with van der Waals surface area (Å²) < 4.78 is 0. The number of benzene rings is 1. The van der Waals surface area contributed by atoms with E-state index in [1.54, 1.807) is 11.3 Å². The Kier molecular flexibility index (Phi) is 3.87. The van der Waals surface area contributed by atoms with E-state index in [-0.39, 0.29) is 12.1 Å². The summed E-state index contributed by atoms with van der Waals surface area (Å²) in [6.45, 7) is 3.02. The normalized spacial score (nSPS) is 17.9. The summed E-state index contributed by atoms with van der Waals surface area (Å²) in [5.74, 6) is 0.612. The number of rotatable bonds is 6. The van der Waals surface area contributed by atoms with E-state index in [9.17, 15) is 5.11 Å². The Bertz CT molecular complexity index is 565. The van der Waals surface area contributed by atoms with Crippen LogP contribution in [0.25, 0.3) is 10.4 Å². The molecule has 1 heterocycles. The van der Waals surface area contributed by atoms with Gasteiger partial charge >= 0.3 is 0 Å². The zero-order chi connectivity index (χ0) is 14.0. The van der Waals surface area contributed by atoms with Crippen molar-refractivity contribution >= 4 is 11.3 Å². The molecule has 0 spiro atoms. The summed E-state index contributed by atoms with van der Waals surface area (Å²) in [5.41, 5.74) is 1.06. The molecule has 0 aliphatic heterocycles. The average molecular weight is 288 g/mol. The van der Waals surface area contributed by atoms with Crippen LogP contribution in [-0.2, 0) is 6.54 Å². The van der Waals surface area contributed by atoms with Gasteiger partial charge < -0.3 is 10.4 Å². The molecule has 0 bridgehead atoms. The van der Waals surface area contributed by atoms with Crippen LogP contribution in [0.5, 0.6) is 0 Å². The third-order valence-corrected chi connectivity index (χ3v) is 5.11. The van der Waals surface area contributed by atoms with E-state index in [0.717, 1.165) is 11.6 Å². The monoisotopic (exact) mass is 288 g/mol. The lowest BCUT2D eigenvalue weighted by Crippen LogP contribution is -2.47. The van der Waals surface area contributed by atoms with Crippen molar-refractivity contribution in [2.45, 2.75) is 31.8 Å². The van der Waals surface area contributed by atoms with Gasteiger partial charge in [0.25, 0.3) is 0 Å². The second-order valence-corrected chi connectivity index (χ2v) is 6.80. The molecule has 1 aromatic carbocycles. The summed E-state index contributed by atoms with van der Waals surface area (Å²) in [6.07, 6.45) is 4.37. The molecular weight excluding hydrogens is 268 g/mol. The first-order valence-corrected chi connectivity index (χ1v) is 7.89. The molecule has 20 heavy (non-hydrogen) atoms. The zero-order valence-electron chi connectivity index (χ0n) is 11.7. The largest absolute Gasteiger partial charge is 0.394 e. The van der Waals surface area contributed by atoms with Gasteiger partial charge in [-0.05, 0) is 31.2 Å². The molecule has 2 aromatic rings. The summed E-state index contributed by atoms with van der Waals surface area (Å²) >= 11 is 1.71. The van der Waals surface area contributed by atoms with Crippen molar-refractivity contribution in [3.63, 3.8) is 0 Å². The van der Waals surface area contributed by atoms with Crippen LogP contribution >= 0.6 is 11.3 Å². The molecule has 1 aliphatic rings. The fourth-order valence-corrected chi connectivity index (χ4v) is 3.32. The number of aliphatic hydroxyl groups excluding tert-OH is 1. The van der Waals surface area contributed by atoms with Crippen LogP contribution in [0.1, 0.15) is 24.8 Å². The lowest BCUT2D eigenvalue weighted by molar-refractivity contribution is 0.153. The molecule has 0 saturated heterocycles. The van der Waals surface area contributed by atoms with E-state index < -0.39 is 0 Å². The maximum atomic E-state index is 9.58. The predicted molar refractivity (Wildman–Crippen MR) is 82.6 cm³/mol. The second kappa shape index (κ2) is 5.64. The maximum absolute atomic E-state index is 9.58. The Morgan fingerprint density at radius 3 is 2.75 bits per heavy atom. The molecular formula is C16H20N2OS. The predicted octanol–water partition coefficient (Wildman–Crippen LogP) is 3.06. The number of aromatic nitrogens is 1. The zero-order valence-corrected chi connectivity index (χ0v) is 12.5. The molecule has 2 N–H and O–H groups in total. The molecule has 1 saturated carbocycles. The standard InChI is InChI=1S/C16H20N2OS/c1-16(11-19,13-7-8-13)18-10-15-17-9-14(20-15)12-5-3-2-4-6-12/h2-6,9,13,18-19H,7-8,10-11H2,1H3. The number of hydrogen-bond donors (Lipinski definition) is 2. The molecule has 1 aliphatic carbocycles. The van der Waals surface area contributed by atoms with E-state index in [1.165, 1.54) is 23.3 Å². The highest BCUT2D eigenvalue weighted by Crippen LogP contribution is 2.39. The number of hydrogen-bond acceptors (Lipinski definition) is 4.